The van der Waals surface area contributed by atoms with E-state index in [9.17, 15) is 0 Å². The average molecular weight is 291 g/mol. The molecule has 0 aromatic carbocycles. The molecule has 0 spiro atoms. The van der Waals surface area contributed by atoms with Crippen LogP contribution in [-0.4, -0.2) is 15.9 Å². The third-order valence-electron chi connectivity index (χ3n) is 3.11. The number of thiophene rings is 1. The van der Waals surface area contributed by atoms with Gasteiger partial charge < -0.3 is 5.32 Å². The Labute approximate surface area is 120 Å². The van der Waals surface area contributed by atoms with Gasteiger partial charge in [0.15, 0.2) is 4.96 Å². The Morgan fingerprint density at radius 2 is 2.32 bits per heavy atom. The first-order valence-electron chi connectivity index (χ1n) is 6.47. The number of nitrogens with zero attached hydrogens (tertiary/aromatic N) is 2. The Balaban J connectivity index is 1.82. The number of likely N-dealkylation sites (N-methyl/N-ethyl adjacent to an activating group) is 1. The molecular weight excluding hydrogens is 274 g/mol. The van der Waals surface area contributed by atoms with E-state index >= 15 is 0 Å². The van der Waals surface area contributed by atoms with E-state index in [4.69, 9.17) is 0 Å². The van der Waals surface area contributed by atoms with Crippen LogP contribution in [0, 0.1) is 6.92 Å². The average Bonchev–Trinajstić information content (AvgIpc) is 3.03. The van der Waals surface area contributed by atoms with Crippen molar-refractivity contribution in [3.8, 4) is 0 Å². The normalized spacial score (nSPS) is 13.2. The molecule has 5 heteroatoms. The largest absolute Gasteiger partial charge is 0.309 e. The number of hydrogen-bond acceptors (Lipinski definition) is 4. The summed E-state index contributed by atoms with van der Waals surface area (Å²) in [5.41, 5.74) is 1.16. The first-order valence-corrected chi connectivity index (χ1v) is 8.16. The summed E-state index contributed by atoms with van der Waals surface area (Å²) in [5, 5.41) is 5.63. The van der Waals surface area contributed by atoms with Gasteiger partial charge in [0.1, 0.15) is 0 Å². The summed E-state index contributed by atoms with van der Waals surface area (Å²) in [7, 11) is 0. The lowest BCUT2D eigenvalue weighted by Crippen LogP contribution is -2.22. The second-order valence-corrected chi connectivity index (χ2v) is 6.78. The Kier molecular flexibility index (Phi) is 3.68. The molecule has 19 heavy (non-hydrogen) atoms. The maximum Gasteiger partial charge on any atom is 0.193 e. The maximum atomic E-state index is 4.67. The van der Waals surface area contributed by atoms with Crippen LogP contribution in [0.25, 0.3) is 4.96 Å². The fourth-order valence-corrected chi connectivity index (χ4v) is 3.92. The molecule has 3 aromatic rings. The minimum Gasteiger partial charge on any atom is -0.309 e. The van der Waals surface area contributed by atoms with Gasteiger partial charge in [-0.2, -0.15) is 0 Å². The maximum absolute atomic E-state index is 4.67. The van der Waals surface area contributed by atoms with Crippen molar-refractivity contribution < 1.29 is 0 Å². The molecular formula is C14H17N3S2. The molecule has 3 heterocycles. The topological polar surface area (TPSA) is 29.3 Å². The molecule has 0 aliphatic carbocycles. The summed E-state index contributed by atoms with van der Waals surface area (Å²) in [6.45, 7) is 5.28. The zero-order valence-corrected chi connectivity index (χ0v) is 12.7. The van der Waals surface area contributed by atoms with Gasteiger partial charge in [0.2, 0.25) is 0 Å². The zero-order valence-electron chi connectivity index (χ0n) is 11.1. The van der Waals surface area contributed by atoms with Gasteiger partial charge in [0, 0.05) is 40.0 Å². The fourth-order valence-electron chi connectivity index (χ4n) is 2.24. The van der Waals surface area contributed by atoms with Crippen LogP contribution < -0.4 is 5.32 Å². The molecule has 0 radical (unpaired) electrons. The minimum absolute atomic E-state index is 0.369. The van der Waals surface area contributed by atoms with Gasteiger partial charge in [-0.15, -0.1) is 22.7 Å². The van der Waals surface area contributed by atoms with E-state index in [0.717, 1.165) is 23.6 Å². The molecule has 3 aromatic heterocycles. The lowest BCUT2D eigenvalue weighted by Gasteiger charge is -2.14. The van der Waals surface area contributed by atoms with Gasteiger partial charge in [0.05, 0.1) is 5.69 Å². The molecule has 3 nitrogen and oxygen atoms in total. The number of aromatic nitrogens is 2. The van der Waals surface area contributed by atoms with Gasteiger partial charge >= 0.3 is 0 Å². The van der Waals surface area contributed by atoms with Crippen molar-refractivity contribution in [3.05, 3.63) is 45.4 Å². The summed E-state index contributed by atoms with van der Waals surface area (Å²) in [5.74, 6) is 0. The number of hydrogen-bond donors (Lipinski definition) is 1. The van der Waals surface area contributed by atoms with Crippen LogP contribution in [0.5, 0.6) is 0 Å². The predicted octanol–water partition coefficient (Wildman–Crippen LogP) is 3.66. The number of rotatable bonds is 5. The Hall–Kier alpha value is -1.17. The highest BCUT2D eigenvalue weighted by atomic mass is 32.1. The first-order chi connectivity index (χ1) is 9.26. The second kappa shape index (κ2) is 5.45. The van der Waals surface area contributed by atoms with Crippen molar-refractivity contribution in [1.82, 2.24) is 14.7 Å². The van der Waals surface area contributed by atoms with E-state index < -0.39 is 0 Å². The summed E-state index contributed by atoms with van der Waals surface area (Å²) < 4.78 is 2.10. The number of aryl methyl sites for hydroxylation is 1. The highest BCUT2D eigenvalue weighted by molar-refractivity contribution is 7.15. The second-order valence-electron chi connectivity index (χ2n) is 4.59. The Morgan fingerprint density at radius 1 is 1.42 bits per heavy atom. The SMILES string of the molecule is CCNC(Cc1cn2ccsc2n1)c1ccc(C)s1. The van der Waals surface area contributed by atoms with Crippen LogP contribution in [-0.2, 0) is 6.42 Å². The van der Waals surface area contributed by atoms with Crippen LogP contribution >= 0.6 is 22.7 Å². The van der Waals surface area contributed by atoms with Gasteiger partial charge in [-0.1, -0.05) is 6.92 Å². The van der Waals surface area contributed by atoms with Crippen LogP contribution in [0.2, 0.25) is 0 Å². The predicted molar refractivity (Wildman–Crippen MR) is 82.2 cm³/mol. The summed E-state index contributed by atoms with van der Waals surface area (Å²) in [6, 6.07) is 4.79. The van der Waals surface area contributed by atoms with Gasteiger partial charge in [-0.05, 0) is 25.6 Å². The highest BCUT2D eigenvalue weighted by Crippen LogP contribution is 2.26. The molecule has 0 amide bonds. The van der Waals surface area contributed by atoms with Crippen molar-refractivity contribution in [2.75, 3.05) is 6.54 Å². The van der Waals surface area contributed by atoms with Crippen LogP contribution in [0.3, 0.4) is 0 Å². The number of thiazole rings is 1. The van der Waals surface area contributed by atoms with Crippen molar-refractivity contribution in [3.63, 3.8) is 0 Å². The molecule has 1 N–H and O–H groups in total. The van der Waals surface area contributed by atoms with Crippen molar-refractivity contribution in [2.24, 2.45) is 0 Å². The smallest absolute Gasteiger partial charge is 0.193 e. The third kappa shape index (κ3) is 2.73. The van der Waals surface area contributed by atoms with Crippen molar-refractivity contribution >= 4 is 27.6 Å². The van der Waals surface area contributed by atoms with Crippen LogP contribution in [0.4, 0.5) is 0 Å². The lowest BCUT2D eigenvalue weighted by atomic mass is 10.1. The van der Waals surface area contributed by atoms with Crippen LogP contribution in [0.1, 0.15) is 28.4 Å². The molecule has 1 unspecified atom stereocenters. The van der Waals surface area contributed by atoms with Gasteiger partial charge in [-0.3, -0.25) is 4.40 Å². The molecule has 1 atom stereocenters. The van der Waals surface area contributed by atoms with Gasteiger partial charge in [0.25, 0.3) is 0 Å². The molecule has 100 valence electrons. The molecule has 0 bridgehead atoms. The third-order valence-corrected chi connectivity index (χ3v) is 5.00. The summed E-state index contributed by atoms with van der Waals surface area (Å²) in [4.78, 5) is 8.51. The van der Waals surface area contributed by atoms with Crippen LogP contribution in [0.15, 0.2) is 29.9 Å². The zero-order chi connectivity index (χ0) is 13.2. The monoisotopic (exact) mass is 291 g/mol. The van der Waals surface area contributed by atoms with E-state index in [1.54, 1.807) is 11.3 Å². The highest BCUT2D eigenvalue weighted by Gasteiger charge is 2.15. The summed E-state index contributed by atoms with van der Waals surface area (Å²) >= 11 is 3.55. The molecule has 0 saturated carbocycles. The fraction of sp³-hybridized carbons (Fsp3) is 0.357. The minimum atomic E-state index is 0.369. The molecule has 0 saturated heterocycles. The number of imidazole rings is 1. The Bertz CT molecular complexity index is 636. The van der Waals surface area contributed by atoms with E-state index in [1.165, 1.54) is 9.75 Å². The van der Waals surface area contributed by atoms with Crippen molar-refractivity contribution in [1.29, 1.82) is 0 Å². The van der Waals surface area contributed by atoms with Crippen molar-refractivity contribution in [2.45, 2.75) is 26.3 Å². The first kappa shape index (κ1) is 12.8. The molecule has 0 aliphatic heterocycles. The summed E-state index contributed by atoms with van der Waals surface area (Å²) in [6.07, 6.45) is 5.15. The lowest BCUT2D eigenvalue weighted by molar-refractivity contribution is 0.553. The Morgan fingerprint density at radius 3 is 3.00 bits per heavy atom. The molecule has 3 rings (SSSR count). The van der Waals surface area contributed by atoms with E-state index in [0.29, 0.717) is 6.04 Å². The van der Waals surface area contributed by atoms with E-state index in [1.807, 2.05) is 11.3 Å². The molecule has 0 fully saturated rings. The number of nitrogens with one attached hydrogen (secondary N) is 1. The standard InChI is InChI=1S/C14H17N3S2/c1-3-15-12(13-5-4-10(2)19-13)8-11-9-17-6-7-18-14(17)16-11/h4-7,9,12,15H,3,8H2,1-2H3. The number of fused-ring (bicyclic) bond motifs is 1. The quantitative estimate of drug-likeness (QED) is 0.777. The van der Waals surface area contributed by atoms with E-state index in [2.05, 4.69) is 58.5 Å². The van der Waals surface area contributed by atoms with Gasteiger partial charge in [-0.25, -0.2) is 4.98 Å². The molecule has 0 aliphatic rings. The van der Waals surface area contributed by atoms with E-state index in [-0.39, 0.29) is 0 Å².